The maximum atomic E-state index is 10.9. The molecule has 0 saturated heterocycles. The van der Waals surface area contributed by atoms with Crippen LogP contribution in [-0.4, -0.2) is 6.29 Å². The largest absolute Gasteiger partial charge is 0.298 e. The highest BCUT2D eigenvalue weighted by Gasteiger charge is 2.05. The Morgan fingerprint density at radius 1 is 0.938 bits per heavy atom. The Morgan fingerprint density at radius 3 is 2.38 bits per heavy atom. The van der Waals surface area contributed by atoms with Gasteiger partial charge in [-0.3, -0.25) is 4.79 Å². The third-order valence-electron chi connectivity index (χ3n) is 2.32. The molecule has 0 spiro atoms. The van der Waals surface area contributed by atoms with Gasteiger partial charge in [-0.15, -0.1) is 0 Å². The van der Waals surface area contributed by atoms with E-state index >= 15 is 0 Å². The number of benzene rings is 2. The van der Waals surface area contributed by atoms with E-state index in [1.807, 2.05) is 24.3 Å². The number of carbonyl (C=O) groups is 1. The molecule has 2 aromatic rings. The molecule has 0 heterocycles. The third kappa shape index (κ3) is 2.11. The summed E-state index contributed by atoms with van der Waals surface area (Å²) in [7, 11) is 0. The number of carbonyl (C=O) groups excluding carboxylic acids is 1. The van der Waals surface area contributed by atoms with Gasteiger partial charge in [0.2, 0.25) is 0 Å². The van der Waals surface area contributed by atoms with Gasteiger partial charge in [0.15, 0.2) is 6.29 Å². The van der Waals surface area contributed by atoms with Crippen LogP contribution in [0.15, 0.2) is 42.5 Å². The van der Waals surface area contributed by atoms with Gasteiger partial charge in [-0.2, -0.15) is 0 Å². The smallest absolute Gasteiger partial charge is 0.150 e. The number of halogens is 2. The summed E-state index contributed by atoms with van der Waals surface area (Å²) in [6.45, 7) is 0. The molecule has 0 radical (unpaired) electrons. The van der Waals surface area contributed by atoms with Crippen molar-refractivity contribution in [1.82, 2.24) is 0 Å². The molecule has 1 nitrogen and oxygen atoms in total. The van der Waals surface area contributed by atoms with Crippen LogP contribution < -0.4 is 0 Å². The monoisotopic (exact) mass is 250 g/mol. The Kier molecular flexibility index (Phi) is 3.28. The van der Waals surface area contributed by atoms with E-state index in [1.54, 1.807) is 18.2 Å². The Bertz CT molecular complexity index is 535. The van der Waals surface area contributed by atoms with Gasteiger partial charge in [0, 0.05) is 5.56 Å². The minimum Gasteiger partial charge on any atom is -0.298 e. The Labute approximate surface area is 104 Å². The van der Waals surface area contributed by atoms with Gasteiger partial charge >= 0.3 is 0 Å². The molecular formula is C13H8Cl2O. The SMILES string of the molecule is O=Cc1ccccc1-c1ccc(Cl)c(Cl)c1. The van der Waals surface area contributed by atoms with E-state index in [2.05, 4.69) is 0 Å². The zero-order valence-electron chi connectivity index (χ0n) is 8.28. The van der Waals surface area contributed by atoms with Crippen molar-refractivity contribution in [1.29, 1.82) is 0 Å². The predicted molar refractivity (Wildman–Crippen MR) is 67.3 cm³/mol. The van der Waals surface area contributed by atoms with E-state index in [1.165, 1.54) is 0 Å². The molecular weight excluding hydrogens is 243 g/mol. The average Bonchev–Trinajstić information content (AvgIpc) is 2.32. The molecule has 0 saturated carbocycles. The van der Waals surface area contributed by atoms with Crippen molar-refractivity contribution in [2.24, 2.45) is 0 Å². The number of aldehydes is 1. The maximum Gasteiger partial charge on any atom is 0.150 e. The van der Waals surface area contributed by atoms with Gasteiger partial charge in [0.25, 0.3) is 0 Å². The van der Waals surface area contributed by atoms with Crippen molar-refractivity contribution in [3.8, 4) is 11.1 Å². The standard InChI is InChI=1S/C13H8Cl2O/c14-12-6-5-9(7-13(12)15)11-4-2-1-3-10(11)8-16/h1-8H. The van der Waals surface area contributed by atoms with Crippen molar-refractivity contribution in [2.45, 2.75) is 0 Å². The van der Waals surface area contributed by atoms with Gasteiger partial charge in [-0.1, -0.05) is 53.5 Å². The van der Waals surface area contributed by atoms with Gasteiger partial charge in [-0.25, -0.2) is 0 Å². The fourth-order valence-corrected chi connectivity index (χ4v) is 1.82. The first-order valence-corrected chi connectivity index (χ1v) is 5.47. The highest BCUT2D eigenvalue weighted by molar-refractivity contribution is 6.42. The van der Waals surface area contributed by atoms with Crippen molar-refractivity contribution >= 4 is 29.5 Å². The predicted octanol–water partition coefficient (Wildman–Crippen LogP) is 4.47. The van der Waals surface area contributed by atoms with Crippen molar-refractivity contribution in [3.05, 3.63) is 58.1 Å². The summed E-state index contributed by atoms with van der Waals surface area (Å²) >= 11 is 11.8. The van der Waals surface area contributed by atoms with E-state index in [9.17, 15) is 4.79 Å². The van der Waals surface area contributed by atoms with Crippen LogP contribution in [0.25, 0.3) is 11.1 Å². The molecule has 0 N–H and O–H groups in total. The van der Waals surface area contributed by atoms with Crippen LogP contribution in [-0.2, 0) is 0 Å². The van der Waals surface area contributed by atoms with E-state index in [4.69, 9.17) is 23.2 Å². The van der Waals surface area contributed by atoms with E-state index in [-0.39, 0.29) is 0 Å². The summed E-state index contributed by atoms with van der Waals surface area (Å²) in [6, 6.07) is 12.7. The molecule has 0 fully saturated rings. The van der Waals surface area contributed by atoms with E-state index in [0.29, 0.717) is 15.6 Å². The first-order valence-electron chi connectivity index (χ1n) is 4.72. The lowest BCUT2D eigenvalue weighted by Gasteiger charge is -2.05. The van der Waals surface area contributed by atoms with Crippen LogP contribution >= 0.6 is 23.2 Å². The van der Waals surface area contributed by atoms with Crippen LogP contribution in [0.4, 0.5) is 0 Å². The van der Waals surface area contributed by atoms with Crippen LogP contribution in [0, 0.1) is 0 Å². The molecule has 0 aliphatic heterocycles. The van der Waals surface area contributed by atoms with E-state index in [0.717, 1.165) is 17.4 Å². The summed E-state index contributed by atoms with van der Waals surface area (Å²) in [5.74, 6) is 0. The first kappa shape index (κ1) is 11.2. The highest BCUT2D eigenvalue weighted by Crippen LogP contribution is 2.29. The minimum absolute atomic E-state index is 0.486. The number of hydrogen-bond donors (Lipinski definition) is 0. The molecule has 16 heavy (non-hydrogen) atoms. The Morgan fingerprint density at radius 2 is 1.69 bits per heavy atom. The summed E-state index contributed by atoms with van der Waals surface area (Å²) in [6.07, 6.45) is 0.831. The van der Waals surface area contributed by atoms with Gasteiger partial charge in [0.1, 0.15) is 0 Å². The zero-order chi connectivity index (χ0) is 11.5. The quantitative estimate of drug-likeness (QED) is 0.719. The minimum atomic E-state index is 0.486. The van der Waals surface area contributed by atoms with Crippen LogP contribution in [0.2, 0.25) is 10.0 Å². The van der Waals surface area contributed by atoms with Crippen molar-refractivity contribution < 1.29 is 4.79 Å². The molecule has 3 heteroatoms. The van der Waals surface area contributed by atoms with Crippen LogP contribution in [0.1, 0.15) is 10.4 Å². The second-order valence-electron chi connectivity index (χ2n) is 3.33. The number of hydrogen-bond acceptors (Lipinski definition) is 1. The molecule has 0 aliphatic carbocycles. The lowest BCUT2D eigenvalue weighted by Crippen LogP contribution is -1.86. The summed E-state index contributed by atoms with van der Waals surface area (Å²) in [5.41, 5.74) is 2.38. The lowest BCUT2D eigenvalue weighted by atomic mass is 10.0. The maximum absolute atomic E-state index is 10.9. The second-order valence-corrected chi connectivity index (χ2v) is 4.15. The molecule has 0 bridgehead atoms. The molecule has 0 aromatic heterocycles. The molecule has 0 amide bonds. The summed E-state index contributed by atoms with van der Waals surface area (Å²) in [4.78, 5) is 10.9. The van der Waals surface area contributed by atoms with Crippen molar-refractivity contribution in [3.63, 3.8) is 0 Å². The second kappa shape index (κ2) is 4.69. The molecule has 0 atom stereocenters. The topological polar surface area (TPSA) is 17.1 Å². The summed E-state index contributed by atoms with van der Waals surface area (Å²) in [5, 5.41) is 0.994. The number of rotatable bonds is 2. The average molecular weight is 251 g/mol. The molecule has 2 aromatic carbocycles. The van der Waals surface area contributed by atoms with Gasteiger partial charge in [-0.05, 0) is 23.3 Å². The normalized spacial score (nSPS) is 10.1. The Balaban J connectivity index is 2.58. The van der Waals surface area contributed by atoms with Crippen LogP contribution in [0.3, 0.4) is 0 Å². The third-order valence-corrected chi connectivity index (χ3v) is 3.06. The fourth-order valence-electron chi connectivity index (χ4n) is 1.53. The molecule has 0 unspecified atom stereocenters. The summed E-state index contributed by atoms with van der Waals surface area (Å²) < 4.78 is 0. The zero-order valence-corrected chi connectivity index (χ0v) is 9.79. The highest BCUT2D eigenvalue weighted by atomic mass is 35.5. The van der Waals surface area contributed by atoms with Gasteiger partial charge in [0.05, 0.1) is 10.0 Å². The fraction of sp³-hybridized carbons (Fsp3) is 0. The molecule has 0 aliphatic rings. The Hall–Kier alpha value is -1.31. The van der Waals surface area contributed by atoms with Crippen LogP contribution in [0.5, 0.6) is 0 Å². The lowest BCUT2D eigenvalue weighted by molar-refractivity contribution is 0.112. The molecule has 80 valence electrons. The molecule has 2 rings (SSSR count). The van der Waals surface area contributed by atoms with E-state index < -0.39 is 0 Å². The van der Waals surface area contributed by atoms with Gasteiger partial charge < -0.3 is 0 Å². The van der Waals surface area contributed by atoms with Crippen molar-refractivity contribution in [2.75, 3.05) is 0 Å². The first-order chi connectivity index (χ1) is 7.72.